The minimum absolute atomic E-state index is 0.172. The Morgan fingerprint density at radius 2 is 1.76 bits per heavy atom. The van der Waals surface area contributed by atoms with Crippen molar-refractivity contribution in [3.8, 4) is 6.07 Å². The molecule has 114 valence electrons. The molecule has 0 aromatic carbocycles. The lowest BCUT2D eigenvalue weighted by Crippen LogP contribution is -2.26. The summed E-state index contributed by atoms with van der Waals surface area (Å²) in [6.07, 6.45) is 15.4. The van der Waals surface area contributed by atoms with Crippen molar-refractivity contribution < 1.29 is 4.92 Å². The summed E-state index contributed by atoms with van der Waals surface area (Å²) in [5.74, 6) is 0.877. The van der Waals surface area contributed by atoms with Gasteiger partial charge in [-0.3, -0.25) is 10.1 Å². The van der Waals surface area contributed by atoms with Gasteiger partial charge in [-0.15, -0.1) is 0 Å². The fraction of sp³-hybridized carbons (Fsp3) is 0.706. The summed E-state index contributed by atoms with van der Waals surface area (Å²) in [4.78, 5) is 10.6. The largest absolute Gasteiger partial charge is 0.264 e. The number of nitrogens with zero attached hydrogens (tertiary/aromatic N) is 2. The second-order valence-electron chi connectivity index (χ2n) is 6.31. The molecule has 0 aromatic heterocycles. The van der Waals surface area contributed by atoms with Crippen LogP contribution in [-0.2, 0) is 0 Å². The topological polar surface area (TPSA) is 66.9 Å². The molecule has 0 aromatic rings. The third-order valence-electron chi connectivity index (χ3n) is 4.87. The lowest BCUT2D eigenvalue weighted by Gasteiger charge is -2.23. The number of allylic oxidation sites excluding steroid dienone is 4. The van der Waals surface area contributed by atoms with Crippen molar-refractivity contribution in [2.24, 2.45) is 11.8 Å². The summed E-state index contributed by atoms with van der Waals surface area (Å²) in [6.45, 7) is 0. The molecule has 0 spiro atoms. The molecule has 0 saturated heterocycles. The van der Waals surface area contributed by atoms with Crippen molar-refractivity contribution in [3.63, 3.8) is 0 Å². The van der Waals surface area contributed by atoms with Crippen LogP contribution in [0.5, 0.6) is 0 Å². The molecular formula is C17H24N2O2. The monoisotopic (exact) mass is 288 g/mol. The van der Waals surface area contributed by atoms with E-state index in [1.807, 2.05) is 12.2 Å². The van der Waals surface area contributed by atoms with Crippen molar-refractivity contribution >= 4 is 0 Å². The first-order valence-electron chi connectivity index (χ1n) is 8.12. The van der Waals surface area contributed by atoms with E-state index in [1.165, 1.54) is 32.1 Å². The lowest BCUT2D eigenvalue weighted by molar-refractivity contribution is -0.526. The van der Waals surface area contributed by atoms with Crippen LogP contribution in [0.4, 0.5) is 0 Å². The van der Waals surface area contributed by atoms with Gasteiger partial charge in [0.25, 0.3) is 0 Å². The maximum absolute atomic E-state index is 10.8. The fourth-order valence-electron chi connectivity index (χ4n) is 3.51. The molecule has 0 unspecified atom stereocenters. The van der Waals surface area contributed by atoms with Crippen molar-refractivity contribution in [3.05, 3.63) is 33.9 Å². The number of nitro groups is 1. The molecule has 0 atom stereocenters. The number of nitriles is 1. The number of hydrogen-bond acceptors (Lipinski definition) is 3. The van der Waals surface area contributed by atoms with E-state index in [9.17, 15) is 15.4 Å². The Labute approximate surface area is 126 Å². The van der Waals surface area contributed by atoms with Gasteiger partial charge in [0, 0.05) is 23.3 Å². The van der Waals surface area contributed by atoms with E-state index >= 15 is 0 Å². The lowest BCUT2D eigenvalue weighted by atomic mass is 9.81. The van der Waals surface area contributed by atoms with Gasteiger partial charge >= 0.3 is 0 Å². The van der Waals surface area contributed by atoms with E-state index in [0.717, 1.165) is 18.4 Å². The predicted molar refractivity (Wildman–Crippen MR) is 82.2 cm³/mol. The first-order chi connectivity index (χ1) is 10.2. The Morgan fingerprint density at radius 1 is 1.10 bits per heavy atom. The highest BCUT2D eigenvalue weighted by atomic mass is 16.6. The Hall–Kier alpha value is -1.63. The molecule has 2 fully saturated rings. The first-order valence-corrected chi connectivity index (χ1v) is 8.12. The van der Waals surface area contributed by atoms with Crippen LogP contribution in [-0.4, -0.2) is 11.0 Å². The van der Waals surface area contributed by atoms with Crippen LogP contribution >= 0.6 is 0 Å². The number of rotatable bonds is 4. The Morgan fingerprint density at radius 3 is 2.33 bits per heavy atom. The Balaban J connectivity index is 1.87. The SMILES string of the molecule is N#CC(=CC=CC1CCCCC1)C1CCC([N+](=O)[O-])CC1. The van der Waals surface area contributed by atoms with E-state index in [1.54, 1.807) is 0 Å². The molecule has 0 aliphatic heterocycles. The zero-order chi connectivity index (χ0) is 15.1. The van der Waals surface area contributed by atoms with Gasteiger partial charge < -0.3 is 0 Å². The van der Waals surface area contributed by atoms with Gasteiger partial charge in [-0.05, 0) is 43.6 Å². The second-order valence-corrected chi connectivity index (χ2v) is 6.31. The van der Waals surface area contributed by atoms with Gasteiger partial charge in [0.2, 0.25) is 6.04 Å². The Bertz CT molecular complexity index is 448. The fourth-order valence-corrected chi connectivity index (χ4v) is 3.51. The quantitative estimate of drug-likeness (QED) is 0.333. The highest BCUT2D eigenvalue weighted by molar-refractivity contribution is 5.28. The van der Waals surface area contributed by atoms with Gasteiger partial charge in [0.1, 0.15) is 0 Å². The van der Waals surface area contributed by atoms with Crippen molar-refractivity contribution in [1.82, 2.24) is 0 Å². The van der Waals surface area contributed by atoms with Crippen LogP contribution in [0.2, 0.25) is 0 Å². The molecule has 0 heterocycles. The molecule has 0 radical (unpaired) electrons. The van der Waals surface area contributed by atoms with Gasteiger partial charge in [-0.25, -0.2) is 0 Å². The third-order valence-corrected chi connectivity index (χ3v) is 4.87. The van der Waals surface area contributed by atoms with E-state index in [-0.39, 0.29) is 10.8 Å². The molecule has 2 aliphatic rings. The molecule has 0 bridgehead atoms. The molecule has 4 nitrogen and oxygen atoms in total. The van der Waals surface area contributed by atoms with Gasteiger partial charge in [0.05, 0.1) is 6.07 Å². The summed E-state index contributed by atoms with van der Waals surface area (Å²) < 4.78 is 0. The van der Waals surface area contributed by atoms with E-state index in [2.05, 4.69) is 12.1 Å². The highest BCUT2D eigenvalue weighted by Crippen LogP contribution is 2.31. The first kappa shape index (κ1) is 15.8. The number of hydrogen-bond donors (Lipinski definition) is 0. The standard InChI is InChI=1S/C17H24N2O2/c18-13-16(8-4-7-14-5-2-1-3-6-14)15-9-11-17(12-10-15)19(20)21/h4,7-8,14-15,17H,1-3,5-6,9-12H2. The van der Waals surface area contributed by atoms with Crippen molar-refractivity contribution in [1.29, 1.82) is 5.26 Å². The molecular weight excluding hydrogens is 264 g/mol. The average Bonchev–Trinajstić information content (AvgIpc) is 2.53. The zero-order valence-corrected chi connectivity index (χ0v) is 12.5. The van der Waals surface area contributed by atoms with Gasteiger partial charge in [-0.1, -0.05) is 31.4 Å². The van der Waals surface area contributed by atoms with Crippen LogP contribution in [0, 0.1) is 33.3 Å². The molecule has 0 N–H and O–H groups in total. The van der Waals surface area contributed by atoms with E-state index in [4.69, 9.17) is 0 Å². The maximum Gasteiger partial charge on any atom is 0.213 e. The average molecular weight is 288 g/mol. The summed E-state index contributed by atoms with van der Waals surface area (Å²) in [5, 5.41) is 20.1. The molecule has 4 heteroatoms. The van der Waals surface area contributed by atoms with Crippen LogP contribution < -0.4 is 0 Å². The molecule has 21 heavy (non-hydrogen) atoms. The van der Waals surface area contributed by atoms with Crippen LogP contribution in [0.25, 0.3) is 0 Å². The molecule has 2 aliphatic carbocycles. The van der Waals surface area contributed by atoms with Gasteiger partial charge in [-0.2, -0.15) is 5.26 Å². The summed E-state index contributed by atoms with van der Waals surface area (Å²) >= 11 is 0. The van der Waals surface area contributed by atoms with Crippen molar-refractivity contribution in [2.45, 2.75) is 63.8 Å². The van der Waals surface area contributed by atoms with E-state index in [0.29, 0.717) is 18.8 Å². The smallest absolute Gasteiger partial charge is 0.213 e. The summed E-state index contributed by atoms with van der Waals surface area (Å²) in [5.41, 5.74) is 0.795. The third kappa shape index (κ3) is 4.70. The second kappa shape index (κ2) is 7.97. The molecule has 0 amide bonds. The zero-order valence-electron chi connectivity index (χ0n) is 12.5. The Kier molecular flexibility index (Phi) is 5.98. The maximum atomic E-state index is 10.8. The normalized spacial score (nSPS) is 28.4. The highest BCUT2D eigenvalue weighted by Gasteiger charge is 2.29. The van der Waals surface area contributed by atoms with Crippen LogP contribution in [0.3, 0.4) is 0 Å². The summed E-state index contributed by atoms with van der Waals surface area (Å²) in [7, 11) is 0. The molecule has 2 saturated carbocycles. The molecule has 2 rings (SSSR count). The minimum atomic E-state index is -0.404. The van der Waals surface area contributed by atoms with Crippen LogP contribution in [0.15, 0.2) is 23.8 Å². The van der Waals surface area contributed by atoms with Gasteiger partial charge in [0.15, 0.2) is 0 Å². The predicted octanol–water partition coefficient (Wildman–Crippen LogP) is 4.41. The van der Waals surface area contributed by atoms with Crippen LogP contribution in [0.1, 0.15) is 57.8 Å². The van der Waals surface area contributed by atoms with Crippen molar-refractivity contribution in [2.75, 3.05) is 0 Å². The van der Waals surface area contributed by atoms with E-state index < -0.39 is 6.04 Å². The minimum Gasteiger partial charge on any atom is -0.264 e. The summed E-state index contributed by atoms with van der Waals surface area (Å²) in [6, 6.07) is 1.89.